The molecule has 1 saturated heterocycles. The second-order valence-corrected chi connectivity index (χ2v) is 4.81. The van der Waals surface area contributed by atoms with E-state index in [4.69, 9.17) is 0 Å². The van der Waals surface area contributed by atoms with Crippen molar-refractivity contribution in [2.45, 2.75) is 25.8 Å². The lowest BCUT2D eigenvalue weighted by molar-refractivity contribution is -0.147. The molecular weight excluding hydrogens is 263 g/mol. The molecule has 0 aromatic heterocycles. The molecule has 1 heterocycles. The van der Waals surface area contributed by atoms with Gasteiger partial charge in [-0.2, -0.15) is 0 Å². The van der Waals surface area contributed by atoms with Gasteiger partial charge in [0.1, 0.15) is 11.9 Å². The Kier molecular flexibility index (Phi) is 3.83. The summed E-state index contributed by atoms with van der Waals surface area (Å²) in [5.74, 6) is -1.53. The van der Waals surface area contributed by atoms with Crippen molar-refractivity contribution < 1.29 is 18.8 Å². The predicted octanol–water partition coefficient (Wildman–Crippen LogP) is 1.01. The van der Waals surface area contributed by atoms with Gasteiger partial charge in [-0.3, -0.25) is 19.3 Å². The highest BCUT2D eigenvalue weighted by molar-refractivity contribution is 6.03. The number of likely N-dealkylation sites (tertiary alicyclic amines) is 1. The van der Waals surface area contributed by atoms with Crippen LogP contribution in [0.2, 0.25) is 0 Å². The van der Waals surface area contributed by atoms with Crippen molar-refractivity contribution in [3.05, 3.63) is 35.1 Å². The summed E-state index contributed by atoms with van der Waals surface area (Å²) >= 11 is 0. The molecule has 2 rings (SSSR count). The van der Waals surface area contributed by atoms with Crippen molar-refractivity contribution in [1.29, 1.82) is 0 Å². The van der Waals surface area contributed by atoms with Crippen LogP contribution in [0.15, 0.2) is 18.2 Å². The first-order valence-corrected chi connectivity index (χ1v) is 6.27. The van der Waals surface area contributed by atoms with Crippen molar-refractivity contribution in [1.82, 2.24) is 10.2 Å². The lowest BCUT2D eigenvalue weighted by Crippen LogP contribution is -2.53. The van der Waals surface area contributed by atoms with Crippen LogP contribution in [0.5, 0.6) is 0 Å². The van der Waals surface area contributed by atoms with E-state index in [0.29, 0.717) is 11.1 Å². The van der Waals surface area contributed by atoms with Crippen LogP contribution < -0.4 is 5.32 Å². The fourth-order valence-electron chi connectivity index (χ4n) is 2.17. The van der Waals surface area contributed by atoms with Crippen molar-refractivity contribution in [2.24, 2.45) is 0 Å². The van der Waals surface area contributed by atoms with Crippen LogP contribution >= 0.6 is 0 Å². The molecule has 106 valence electrons. The first-order chi connectivity index (χ1) is 9.40. The Morgan fingerprint density at radius 3 is 2.75 bits per heavy atom. The molecule has 3 amide bonds. The lowest BCUT2D eigenvalue weighted by atomic mass is 10.0. The standard InChI is InChI=1S/C14H15FN2O3/c1-8-7-9(15)3-4-10(8)13(19)16-11-5-6-12(18)17(2)14(11)20/h3-4,7,11H,5-6H2,1-2H3,(H,16,19). The maximum Gasteiger partial charge on any atom is 0.252 e. The number of imide groups is 1. The van der Waals surface area contributed by atoms with Gasteiger partial charge in [0.2, 0.25) is 5.91 Å². The number of nitrogens with one attached hydrogen (secondary N) is 1. The number of benzene rings is 1. The van der Waals surface area contributed by atoms with Crippen molar-refractivity contribution >= 4 is 17.7 Å². The minimum atomic E-state index is -0.713. The van der Waals surface area contributed by atoms with Gasteiger partial charge in [0.25, 0.3) is 11.8 Å². The van der Waals surface area contributed by atoms with Crippen LogP contribution in [0, 0.1) is 12.7 Å². The predicted molar refractivity (Wildman–Crippen MR) is 69.4 cm³/mol. The summed E-state index contributed by atoms with van der Waals surface area (Å²) in [5.41, 5.74) is 0.814. The molecule has 0 radical (unpaired) electrons. The van der Waals surface area contributed by atoms with E-state index < -0.39 is 23.7 Å². The highest BCUT2D eigenvalue weighted by atomic mass is 19.1. The molecule has 0 spiro atoms. The lowest BCUT2D eigenvalue weighted by Gasteiger charge is -2.28. The highest BCUT2D eigenvalue weighted by Crippen LogP contribution is 2.14. The minimum Gasteiger partial charge on any atom is -0.340 e. The average Bonchev–Trinajstić information content (AvgIpc) is 2.39. The third-order valence-corrected chi connectivity index (χ3v) is 3.39. The van der Waals surface area contributed by atoms with Crippen LogP contribution in [0.4, 0.5) is 4.39 Å². The molecule has 1 N–H and O–H groups in total. The van der Waals surface area contributed by atoms with Crippen LogP contribution in [0.1, 0.15) is 28.8 Å². The topological polar surface area (TPSA) is 66.5 Å². The van der Waals surface area contributed by atoms with Gasteiger partial charge in [-0.25, -0.2) is 4.39 Å². The molecule has 1 aliphatic heterocycles. The Morgan fingerprint density at radius 2 is 2.10 bits per heavy atom. The number of rotatable bonds is 2. The molecule has 5 nitrogen and oxygen atoms in total. The van der Waals surface area contributed by atoms with Crippen molar-refractivity contribution in [3.63, 3.8) is 0 Å². The largest absolute Gasteiger partial charge is 0.340 e. The fraction of sp³-hybridized carbons (Fsp3) is 0.357. The van der Waals surface area contributed by atoms with E-state index in [9.17, 15) is 18.8 Å². The molecule has 1 unspecified atom stereocenters. The van der Waals surface area contributed by atoms with Crippen LogP contribution in [-0.2, 0) is 9.59 Å². The summed E-state index contributed by atoms with van der Waals surface area (Å²) in [6.07, 6.45) is 0.504. The van der Waals surface area contributed by atoms with Crippen LogP contribution in [0.3, 0.4) is 0 Å². The number of hydrogen-bond donors (Lipinski definition) is 1. The Labute approximate surface area is 115 Å². The molecule has 0 aliphatic carbocycles. The number of likely N-dealkylation sites (N-methyl/N-ethyl adjacent to an activating group) is 1. The van der Waals surface area contributed by atoms with E-state index in [0.717, 1.165) is 4.90 Å². The molecule has 1 aliphatic rings. The van der Waals surface area contributed by atoms with Crippen molar-refractivity contribution in [3.8, 4) is 0 Å². The van der Waals surface area contributed by atoms with Crippen molar-refractivity contribution in [2.75, 3.05) is 7.05 Å². The first kappa shape index (κ1) is 14.2. The number of halogens is 1. The summed E-state index contributed by atoms with van der Waals surface area (Å²) < 4.78 is 13.0. The number of carbonyl (C=O) groups is 3. The van der Waals surface area contributed by atoms with Gasteiger partial charge in [-0.1, -0.05) is 0 Å². The highest BCUT2D eigenvalue weighted by Gasteiger charge is 2.32. The number of hydrogen-bond acceptors (Lipinski definition) is 3. The first-order valence-electron chi connectivity index (χ1n) is 6.27. The molecule has 1 aromatic rings. The maximum absolute atomic E-state index is 13.0. The normalized spacial score (nSPS) is 19.1. The van der Waals surface area contributed by atoms with E-state index in [-0.39, 0.29) is 18.7 Å². The van der Waals surface area contributed by atoms with Gasteiger partial charge in [0.05, 0.1) is 0 Å². The van der Waals surface area contributed by atoms with E-state index in [1.807, 2.05) is 0 Å². The summed E-state index contributed by atoms with van der Waals surface area (Å²) in [4.78, 5) is 36.3. The molecule has 1 atom stereocenters. The quantitative estimate of drug-likeness (QED) is 0.821. The molecule has 0 bridgehead atoms. The zero-order valence-corrected chi connectivity index (χ0v) is 11.3. The van der Waals surface area contributed by atoms with E-state index in [2.05, 4.69) is 5.32 Å². The minimum absolute atomic E-state index is 0.218. The van der Waals surface area contributed by atoms with Crippen LogP contribution in [-0.4, -0.2) is 35.7 Å². The second kappa shape index (κ2) is 5.40. The number of piperidine rings is 1. The van der Waals surface area contributed by atoms with Gasteiger partial charge in [-0.15, -0.1) is 0 Å². The number of amides is 3. The third kappa shape index (κ3) is 2.68. The zero-order chi connectivity index (χ0) is 14.9. The van der Waals surface area contributed by atoms with E-state index in [1.54, 1.807) is 6.92 Å². The average molecular weight is 278 g/mol. The molecule has 1 fully saturated rings. The smallest absolute Gasteiger partial charge is 0.252 e. The monoisotopic (exact) mass is 278 g/mol. The molecular formula is C14H15FN2O3. The summed E-state index contributed by atoms with van der Waals surface area (Å²) in [5, 5.41) is 2.59. The number of nitrogens with zero attached hydrogens (tertiary/aromatic N) is 1. The molecule has 20 heavy (non-hydrogen) atoms. The maximum atomic E-state index is 13.0. The molecule has 1 aromatic carbocycles. The SMILES string of the molecule is Cc1cc(F)ccc1C(=O)NC1CCC(=O)N(C)C1=O. The van der Waals surface area contributed by atoms with Gasteiger partial charge < -0.3 is 5.32 Å². The number of aryl methyl sites for hydroxylation is 1. The van der Waals surface area contributed by atoms with Crippen LogP contribution in [0.25, 0.3) is 0 Å². The third-order valence-electron chi connectivity index (χ3n) is 3.39. The summed E-state index contributed by atoms with van der Waals surface area (Å²) in [6.45, 7) is 1.62. The van der Waals surface area contributed by atoms with Gasteiger partial charge in [-0.05, 0) is 37.1 Å². The number of carbonyl (C=O) groups excluding carboxylic acids is 3. The Balaban J connectivity index is 2.12. The second-order valence-electron chi connectivity index (χ2n) is 4.81. The molecule has 0 saturated carbocycles. The van der Waals surface area contributed by atoms with Gasteiger partial charge >= 0.3 is 0 Å². The molecule has 6 heteroatoms. The zero-order valence-electron chi connectivity index (χ0n) is 11.3. The van der Waals surface area contributed by atoms with E-state index >= 15 is 0 Å². The summed E-state index contributed by atoms with van der Waals surface area (Å²) in [6, 6.07) is 3.12. The Hall–Kier alpha value is -2.24. The van der Waals surface area contributed by atoms with E-state index in [1.165, 1.54) is 25.2 Å². The Bertz CT molecular complexity index is 586. The van der Waals surface area contributed by atoms with Gasteiger partial charge in [0.15, 0.2) is 0 Å². The Morgan fingerprint density at radius 1 is 1.40 bits per heavy atom. The van der Waals surface area contributed by atoms with Gasteiger partial charge in [0, 0.05) is 19.0 Å². The summed E-state index contributed by atoms with van der Waals surface area (Å²) in [7, 11) is 1.39. The fourth-order valence-corrected chi connectivity index (χ4v) is 2.17.